The van der Waals surface area contributed by atoms with E-state index in [9.17, 15) is 8.42 Å². The lowest BCUT2D eigenvalue weighted by Crippen LogP contribution is -2.34. The highest BCUT2D eigenvalue weighted by Crippen LogP contribution is 2.36. The van der Waals surface area contributed by atoms with E-state index in [1.165, 1.54) is 21.0 Å². The average Bonchev–Trinajstić information content (AvgIpc) is 3.55. The van der Waals surface area contributed by atoms with Gasteiger partial charge in [0.15, 0.2) is 0 Å². The zero-order valence-corrected chi connectivity index (χ0v) is 20.8. The predicted molar refractivity (Wildman–Crippen MR) is 133 cm³/mol. The topological polar surface area (TPSA) is 72.6 Å². The first-order chi connectivity index (χ1) is 14.8. The van der Waals surface area contributed by atoms with Gasteiger partial charge < -0.3 is 10.5 Å². The summed E-state index contributed by atoms with van der Waals surface area (Å²) in [4.78, 5) is 0. The Morgan fingerprint density at radius 2 is 1.84 bits per heavy atom. The third-order valence-electron chi connectivity index (χ3n) is 6.44. The molecule has 1 fully saturated rings. The van der Waals surface area contributed by atoms with E-state index < -0.39 is 10.0 Å². The van der Waals surface area contributed by atoms with Crippen LogP contribution in [0.3, 0.4) is 0 Å². The third kappa shape index (κ3) is 6.39. The molecule has 0 bridgehead atoms. The molecule has 0 heterocycles. The Morgan fingerprint density at radius 3 is 2.53 bits per heavy atom. The second kappa shape index (κ2) is 10.7. The number of nitrogens with two attached hydrogens (primary N) is 1. The van der Waals surface area contributed by atoms with Crippen molar-refractivity contribution < 1.29 is 13.2 Å². The van der Waals surface area contributed by atoms with Gasteiger partial charge in [0.2, 0.25) is 10.0 Å². The molecule has 4 rings (SSSR count). The zero-order chi connectivity index (χ0) is 22.0. The molecule has 0 amide bonds. The maximum atomic E-state index is 12.3. The van der Waals surface area contributed by atoms with Crippen molar-refractivity contribution in [3.05, 3.63) is 64.2 Å². The van der Waals surface area contributed by atoms with Crippen molar-refractivity contribution >= 4 is 34.0 Å². The normalized spacial score (nSPS) is 20.5. The number of hydrogen-bond acceptors (Lipinski definition) is 4. The van der Waals surface area contributed by atoms with Crippen LogP contribution in [0.25, 0.3) is 0 Å². The first kappa shape index (κ1) is 25.3. The number of halogens is 2. The van der Waals surface area contributed by atoms with Crippen molar-refractivity contribution in [1.29, 1.82) is 0 Å². The van der Waals surface area contributed by atoms with Crippen LogP contribution in [0.1, 0.15) is 41.9 Å². The lowest BCUT2D eigenvalue weighted by molar-refractivity contribution is 0.286. The molecule has 2 N–H and O–H groups in total. The molecular weight excluding hydrogens is 467 g/mol. The van der Waals surface area contributed by atoms with E-state index in [1.54, 1.807) is 7.05 Å². The van der Waals surface area contributed by atoms with Crippen LogP contribution in [0.4, 0.5) is 0 Å². The molecule has 0 aliphatic heterocycles. The van der Waals surface area contributed by atoms with Crippen LogP contribution in [0, 0.1) is 5.92 Å². The summed E-state index contributed by atoms with van der Waals surface area (Å²) in [7, 11) is -1.56. The molecule has 0 spiro atoms. The van der Waals surface area contributed by atoms with E-state index in [-0.39, 0.29) is 30.1 Å². The molecule has 176 valence electrons. The van der Waals surface area contributed by atoms with E-state index in [2.05, 4.69) is 24.3 Å². The number of aryl methyl sites for hydroxylation is 1. The van der Waals surface area contributed by atoms with Gasteiger partial charge in [0.05, 0.1) is 5.75 Å². The molecule has 2 aromatic carbocycles. The Morgan fingerprint density at radius 1 is 1.12 bits per heavy atom. The smallest absolute Gasteiger partial charge is 0.214 e. The fraction of sp³-hybridized carbons (Fsp3) is 0.500. The van der Waals surface area contributed by atoms with Crippen LogP contribution in [0.2, 0.25) is 5.02 Å². The van der Waals surface area contributed by atoms with Crippen molar-refractivity contribution in [3.63, 3.8) is 0 Å². The summed E-state index contributed by atoms with van der Waals surface area (Å²) in [5.74, 6) is 1.58. The Kier molecular flexibility index (Phi) is 8.50. The second-order valence-electron chi connectivity index (χ2n) is 8.89. The van der Waals surface area contributed by atoms with Crippen LogP contribution in [0.5, 0.6) is 5.75 Å². The molecule has 32 heavy (non-hydrogen) atoms. The molecule has 2 atom stereocenters. The molecular formula is C24H32Cl2N2O3S. The van der Waals surface area contributed by atoms with Crippen LogP contribution in [-0.4, -0.2) is 44.7 Å². The van der Waals surface area contributed by atoms with Crippen molar-refractivity contribution in [3.8, 4) is 5.75 Å². The van der Waals surface area contributed by atoms with E-state index in [0.717, 1.165) is 42.9 Å². The van der Waals surface area contributed by atoms with E-state index in [0.29, 0.717) is 19.1 Å². The monoisotopic (exact) mass is 498 g/mol. The molecule has 0 saturated heterocycles. The minimum Gasteiger partial charge on any atom is -0.492 e. The molecule has 1 saturated carbocycles. The molecule has 2 unspecified atom stereocenters. The Bertz CT molecular complexity index is 1010. The van der Waals surface area contributed by atoms with Gasteiger partial charge in [-0.25, -0.2) is 12.7 Å². The standard InChI is InChI=1S/C24H31ClN2O3S.ClH/c1-27(31(28,29)16-18-2-3-18)12-13-30-21-10-6-19-7-11-24(26)23(22(19)15-21)14-17-4-8-20(25)9-5-17;/h4-6,8-10,15,18,23-24H,2-3,7,11-14,16,26H2,1H3;1H. The Labute approximate surface area is 202 Å². The van der Waals surface area contributed by atoms with Crippen molar-refractivity contribution in [2.75, 3.05) is 26.0 Å². The first-order valence-corrected chi connectivity index (χ1v) is 13.0. The Hall–Kier alpha value is -1.31. The third-order valence-corrected chi connectivity index (χ3v) is 8.72. The fourth-order valence-corrected chi connectivity index (χ4v) is 5.93. The zero-order valence-electron chi connectivity index (χ0n) is 18.4. The fourth-order valence-electron chi connectivity index (χ4n) is 4.27. The van der Waals surface area contributed by atoms with Gasteiger partial charge in [-0.05, 0) is 79.0 Å². The molecule has 2 aliphatic rings. The number of hydrogen-bond donors (Lipinski definition) is 1. The van der Waals surface area contributed by atoms with E-state index >= 15 is 0 Å². The van der Waals surface area contributed by atoms with Crippen LogP contribution in [-0.2, 0) is 22.9 Å². The van der Waals surface area contributed by atoms with E-state index in [4.69, 9.17) is 22.1 Å². The minimum absolute atomic E-state index is 0. The van der Waals surface area contributed by atoms with Gasteiger partial charge in [0, 0.05) is 30.6 Å². The lowest BCUT2D eigenvalue weighted by atomic mass is 9.76. The first-order valence-electron chi connectivity index (χ1n) is 11.0. The number of fused-ring (bicyclic) bond motifs is 1. The second-order valence-corrected chi connectivity index (χ2v) is 11.4. The molecule has 8 heteroatoms. The van der Waals surface area contributed by atoms with Gasteiger partial charge in [-0.15, -0.1) is 12.4 Å². The highest BCUT2D eigenvalue weighted by Gasteiger charge is 2.30. The van der Waals surface area contributed by atoms with Gasteiger partial charge >= 0.3 is 0 Å². The molecule has 5 nitrogen and oxygen atoms in total. The summed E-state index contributed by atoms with van der Waals surface area (Å²) < 4.78 is 32.0. The van der Waals surface area contributed by atoms with Crippen molar-refractivity contribution in [2.24, 2.45) is 11.7 Å². The lowest BCUT2D eigenvalue weighted by Gasteiger charge is -2.32. The van der Waals surface area contributed by atoms with Gasteiger partial charge in [0.25, 0.3) is 0 Å². The Balaban J connectivity index is 0.00000289. The highest BCUT2D eigenvalue weighted by molar-refractivity contribution is 7.89. The highest BCUT2D eigenvalue weighted by atomic mass is 35.5. The quantitative estimate of drug-likeness (QED) is 0.555. The largest absolute Gasteiger partial charge is 0.492 e. The van der Waals surface area contributed by atoms with Crippen LogP contribution >= 0.6 is 24.0 Å². The number of likely N-dealkylation sites (N-methyl/N-ethyl adjacent to an activating group) is 1. The molecule has 2 aliphatic carbocycles. The van der Waals surface area contributed by atoms with Crippen LogP contribution in [0.15, 0.2) is 42.5 Å². The summed E-state index contributed by atoms with van der Waals surface area (Å²) >= 11 is 6.03. The van der Waals surface area contributed by atoms with Crippen molar-refractivity contribution in [2.45, 2.75) is 44.1 Å². The summed E-state index contributed by atoms with van der Waals surface area (Å²) in [6.45, 7) is 0.674. The molecule has 0 aromatic heterocycles. The maximum absolute atomic E-state index is 12.3. The number of benzene rings is 2. The minimum atomic E-state index is -3.19. The van der Waals surface area contributed by atoms with Crippen molar-refractivity contribution in [1.82, 2.24) is 4.31 Å². The van der Waals surface area contributed by atoms with Gasteiger partial charge in [-0.2, -0.15) is 0 Å². The van der Waals surface area contributed by atoms with Gasteiger partial charge in [-0.1, -0.05) is 29.8 Å². The van der Waals surface area contributed by atoms with Gasteiger partial charge in [-0.3, -0.25) is 0 Å². The van der Waals surface area contributed by atoms with E-state index in [1.807, 2.05) is 18.2 Å². The maximum Gasteiger partial charge on any atom is 0.214 e. The number of ether oxygens (including phenoxy) is 1. The summed E-state index contributed by atoms with van der Waals surface area (Å²) in [5, 5.41) is 0.733. The van der Waals surface area contributed by atoms with Crippen LogP contribution < -0.4 is 10.5 Å². The summed E-state index contributed by atoms with van der Waals surface area (Å²) in [5.41, 5.74) is 10.3. The predicted octanol–water partition coefficient (Wildman–Crippen LogP) is 4.41. The SMILES string of the molecule is CN(CCOc1ccc2c(c1)C(Cc1ccc(Cl)cc1)C(N)CC2)S(=O)(=O)CC1CC1.Cl. The summed E-state index contributed by atoms with van der Waals surface area (Å²) in [6, 6.07) is 14.2. The number of rotatable bonds is 9. The molecule has 0 radical (unpaired) electrons. The van der Waals surface area contributed by atoms with Gasteiger partial charge in [0.1, 0.15) is 12.4 Å². The summed E-state index contributed by atoms with van der Waals surface area (Å²) in [6.07, 6.45) is 4.85. The molecule has 2 aromatic rings. The number of nitrogens with zero attached hydrogens (tertiary/aromatic N) is 1. The number of sulfonamides is 1. The average molecular weight is 500 g/mol.